The molecule has 5 heteroatoms. The molecule has 0 unspecified atom stereocenters. The van der Waals surface area contributed by atoms with Crippen LogP contribution in [0.1, 0.15) is 38.8 Å². The molecule has 0 aliphatic carbocycles. The Balaban J connectivity index is 0.000000213. The third kappa shape index (κ3) is 8.88. The van der Waals surface area contributed by atoms with E-state index in [-0.39, 0.29) is 20.1 Å². The summed E-state index contributed by atoms with van der Waals surface area (Å²) in [6, 6.07) is 48.3. The largest absolute Gasteiger partial charge is 0.305 e. The number of aromatic nitrogens is 2. The molecule has 3 aromatic heterocycles. The van der Waals surface area contributed by atoms with Crippen molar-refractivity contribution in [2.45, 2.75) is 53.6 Å². The monoisotopic (exact) mass is 920 g/mol. The van der Waals surface area contributed by atoms with Crippen LogP contribution < -0.4 is 5.19 Å². The summed E-state index contributed by atoms with van der Waals surface area (Å²) < 4.78 is 44.3. The van der Waals surface area contributed by atoms with Gasteiger partial charge in [-0.1, -0.05) is 136 Å². The molecule has 0 amide bonds. The van der Waals surface area contributed by atoms with Crippen molar-refractivity contribution in [3.8, 4) is 44.8 Å². The van der Waals surface area contributed by atoms with Gasteiger partial charge in [-0.3, -0.25) is 0 Å². The van der Waals surface area contributed by atoms with Crippen LogP contribution in [0, 0.1) is 24.4 Å². The Labute approximate surface area is 346 Å². The molecular weight excluding hydrogens is 869 g/mol. The van der Waals surface area contributed by atoms with Crippen molar-refractivity contribution in [2.24, 2.45) is 5.41 Å². The molecule has 54 heavy (non-hydrogen) atoms. The zero-order valence-corrected chi connectivity index (χ0v) is 35.6. The van der Waals surface area contributed by atoms with Crippen LogP contribution in [0.5, 0.6) is 0 Å². The summed E-state index contributed by atoms with van der Waals surface area (Å²) in [5, 5.41) is 3.40. The minimum absolute atomic E-state index is 0. The van der Waals surface area contributed by atoms with Crippen molar-refractivity contribution in [3.05, 3.63) is 163 Å². The van der Waals surface area contributed by atoms with Gasteiger partial charge in [0.15, 0.2) is 0 Å². The van der Waals surface area contributed by atoms with E-state index in [0.29, 0.717) is 16.8 Å². The van der Waals surface area contributed by atoms with Crippen LogP contribution >= 0.6 is 11.3 Å². The Hall–Kier alpha value is -4.51. The Bertz CT molecular complexity index is 2710. The number of benzene rings is 5. The molecule has 8 aromatic rings. The second-order valence-electron chi connectivity index (χ2n) is 15.3. The Morgan fingerprint density at radius 1 is 0.704 bits per heavy atom. The van der Waals surface area contributed by atoms with E-state index in [1.54, 1.807) is 23.6 Å². The van der Waals surface area contributed by atoms with E-state index < -0.39 is 26.7 Å². The van der Waals surface area contributed by atoms with Gasteiger partial charge in [0.1, 0.15) is 0 Å². The number of thiophene rings is 1. The maximum Gasteiger partial charge on any atom is 0.0798 e. The van der Waals surface area contributed by atoms with Gasteiger partial charge in [0.2, 0.25) is 0 Å². The van der Waals surface area contributed by atoms with Crippen LogP contribution in [0.4, 0.5) is 0 Å². The summed E-state index contributed by atoms with van der Waals surface area (Å²) in [5.74, 6) is 0. The molecule has 1 radical (unpaired) electrons. The number of pyridine rings is 2. The molecule has 0 N–H and O–H groups in total. The van der Waals surface area contributed by atoms with E-state index >= 15 is 0 Å². The van der Waals surface area contributed by atoms with Gasteiger partial charge in [-0.05, 0) is 73.6 Å². The third-order valence-electron chi connectivity index (χ3n) is 8.99. The van der Waals surface area contributed by atoms with Gasteiger partial charge < -0.3 is 9.97 Å². The normalized spacial score (nSPS) is 13.4. The molecule has 2 nitrogen and oxygen atoms in total. The number of aryl methyl sites for hydroxylation is 1. The van der Waals surface area contributed by atoms with Gasteiger partial charge in [0.05, 0.1) is 8.07 Å². The molecule has 0 aliphatic heterocycles. The van der Waals surface area contributed by atoms with Crippen molar-refractivity contribution < 1.29 is 27.0 Å². The fourth-order valence-electron chi connectivity index (χ4n) is 6.44. The molecular formula is C49H46IrN2SSi-2. The summed E-state index contributed by atoms with van der Waals surface area (Å²) in [4.78, 5) is 9.32. The minimum Gasteiger partial charge on any atom is -0.305 e. The van der Waals surface area contributed by atoms with E-state index in [2.05, 4.69) is 73.2 Å². The zero-order chi connectivity index (χ0) is 41.5. The predicted molar refractivity (Wildman–Crippen MR) is 232 cm³/mol. The van der Waals surface area contributed by atoms with Crippen molar-refractivity contribution in [1.29, 1.82) is 0 Å². The Morgan fingerprint density at radius 2 is 1.41 bits per heavy atom. The van der Waals surface area contributed by atoms with Gasteiger partial charge in [-0.25, -0.2) is 0 Å². The van der Waals surface area contributed by atoms with Crippen molar-refractivity contribution in [3.63, 3.8) is 0 Å². The summed E-state index contributed by atoms with van der Waals surface area (Å²) in [6.45, 7) is 10.3. The molecule has 0 fully saturated rings. The third-order valence-corrected chi connectivity index (χ3v) is 12.2. The molecule has 0 bridgehead atoms. The van der Waals surface area contributed by atoms with Gasteiger partial charge in [0, 0.05) is 49.6 Å². The van der Waals surface area contributed by atoms with Gasteiger partial charge in [-0.2, -0.15) is 11.3 Å². The van der Waals surface area contributed by atoms with Crippen LogP contribution in [0.15, 0.2) is 140 Å². The van der Waals surface area contributed by atoms with E-state index in [4.69, 9.17) is 11.8 Å². The molecule has 273 valence electrons. The standard InChI is InChI=1S/C30H20NS.C19H26NSi.Ir/c1-20-17-28(31-19-27(20)22-11-6-3-7-12-22)26-14-8-13-25-24-16-15-23(18-29(24)32-30(25)26)21-9-4-2-5-10-21;1-19(2,3)13-16-12-17(15-10-8-7-9-11-15)20-14-18(16)21(4,5)6;/h2-13,15-19H,1H3;7-10,12,14H,13H2,1-6H3;/q2*-1;/i1D3;13D2;. The molecule has 3 heterocycles. The van der Waals surface area contributed by atoms with E-state index in [1.165, 1.54) is 21.2 Å². The average Bonchev–Trinajstić information content (AvgIpc) is 3.59. The summed E-state index contributed by atoms with van der Waals surface area (Å²) in [5.41, 5.74) is 7.56. The molecule has 0 atom stereocenters. The first-order valence-corrected chi connectivity index (χ1v) is 22.2. The molecule has 0 saturated carbocycles. The number of hydrogen-bond acceptors (Lipinski definition) is 3. The fraction of sp³-hybridized carbons (Fsp3) is 0.184. The first kappa shape index (κ1) is 32.9. The van der Waals surface area contributed by atoms with Gasteiger partial charge in [0.25, 0.3) is 0 Å². The van der Waals surface area contributed by atoms with Crippen LogP contribution in [-0.2, 0) is 26.5 Å². The number of hydrogen-bond donors (Lipinski definition) is 0. The Kier molecular flexibility index (Phi) is 10.0. The molecule has 0 saturated heterocycles. The maximum absolute atomic E-state index is 8.75. The van der Waals surface area contributed by atoms with E-state index in [1.807, 2.05) is 112 Å². The topological polar surface area (TPSA) is 25.8 Å². The van der Waals surface area contributed by atoms with Crippen molar-refractivity contribution in [2.75, 3.05) is 0 Å². The smallest absolute Gasteiger partial charge is 0.0798 e. The first-order chi connectivity index (χ1) is 27.4. The minimum atomic E-state index is -2.26. The quantitative estimate of drug-likeness (QED) is 0.123. The van der Waals surface area contributed by atoms with Crippen LogP contribution in [0.3, 0.4) is 0 Å². The molecule has 5 aromatic carbocycles. The SMILES string of the molecule is [2H]C([2H])([2H])c1cc(-c2[c-]ccc3c2sc2cc(-c4ccccc4)ccc23)ncc1-c1ccccc1.[2H]C([2H])(c1cc(-c2[c-]cccc2)ncc1[Si](C)(C)C)C(C)(C)C.[Ir]. The van der Waals surface area contributed by atoms with Crippen LogP contribution in [0.25, 0.3) is 64.9 Å². The number of rotatable bonds is 6. The molecule has 0 spiro atoms. The van der Waals surface area contributed by atoms with E-state index in [9.17, 15) is 0 Å². The predicted octanol–water partition coefficient (Wildman–Crippen LogP) is 13.2. The van der Waals surface area contributed by atoms with Gasteiger partial charge >= 0.3 is 0 Å². The summed E-state index contributed by atoms with van der Waals surface area (Å²) in [7, 11) is -1.70. The second kappa shape index (κ2) is 16.5. The van der Waals surface area contributed by atoms with Crippen LogP contribution in [0.2, 0.25) is 19.6 Å². The number of fused-ring (bicyclic) bond motifs is 3. The summed E-state index contributed by atoms with van der Waals surface area (Å²) >= 11 is 1.69. The van der Waals surface area contributed by atoms with Gasteiger partial charge in [-0.15, -0.1) is 59.7 Å². The van der Waals surface area contributed by atoms with Crippen molar-refractivity contribution in [1.82, 2.24) is 9.97 Å². The molecule has 0 aliphatic rings. The van der Waals surface area contributed by atoms with Crippen LogP contribution in [-0.4, -0.2) is 18.0 Å². The second-order valence-corrected chi connectivity index (χ2v) is 21.4. The van der Waals surface area contributed by atoms with Crippen molar-refractivity contribution >= 4 is 44.8 Å². The Morgan fingerprint density at radius 3 is 2.07 bits per heavy atom. The first-order valence-electron chi connectivity index (χ1n) is 20.4. The average molecular weight is 920 g/mol. The number of nitrogens with zero attached hydrogens (tertiary/aromatic N) is 2. The molecule has 8 rings (SSSR count). The van der Waals surface area contributed by atoms with E-state index in [0.717, 1.165) is 43.2 Å². The fourth-order valence-corrected chi connectivity index (χ4v) is 9.08. The summed E-state index contributed by atoms with van der Waals surface area (Å²) in [6.07, 6.45) is 2.15. The zero-order valence-electron chi connectivity index (χ0n) is 36.4. The maximum atomic E-state index is 8.75.